The number of aryl methyl sites for hydroxylation is 1. The third kappa shape index (κ3) is 4.14. The van der Waals surface area contributed by atoms with Crippen molar-refractivity contribution < 1.29 is 43.5 Å². The molecule has 0 aliphatic carbocycles. The first-order chi connectivity index (χ1) is 22.0. The molecule has 3 N–H and O–H groups in total. The number of piperazine rings is 1. The first-order valence-electron chi connectivity index (χ1n) is 15.1. The summed E-state index contributed by atoms with van der Waals surface area (Å²) < 4.78 is 23.3. The SMILES string of the molecule is COc1c(C)cc2c(c1O)C1[C@@H]3[C@@H]4SCC(NC(C)=O)C(=O)OCC(c5c6c(c(C)c(O)c54)OCO6)N3[C@@H](C#N)C(C2)N1C(C)=O. The van der Waals surface area contributed by atoms with E-state index in [1.54, 1.807) is 11.8 Å². The van der Waals surface area contributed by atoms with E-state index < -0.39 is 53.4 Å². The van der Waals surface area contributed by atoms with E-state index in [-0.39, 0.29) is 42.3 Å². The molecule has 2 aromatic rings. The Balaban J connectivity index is 1.54. The summed E-state index contributed by atoms with van der Waals surface area (Å²) >= 11 is 1.30. The molecule has 46 heavy (non-hydrogen) atoms. The zero-order valence-electron chi connectivity index (χ0n) is 25.9. The summed E-state index contributed by atoms with van der Waals surface area (Å²) in [5.41, 5.74) is 3.57. The molecule has 14 heteroatoms. The van der Waals surface area contributed by atoms with Crippen LogP contribution in [0.25, 0.3) is 0 Å². The van der Waals surface area contributed by atoms with Gasteiger partial charge in [-0.2, -0.15) is 5.26 Å². The number of phenolic OH excluding ortho intramolecular Hbond substituents is 2. The van der Waals surface area contributed by atoms with Crippen molar-refractivity contribution in [3.63, 3.8) is 0 Å². The second-order valence-corrected chi connectivity index (χ2v) is 13.5. The number of nitriles is 1. The zero-order valence-corrected chi connectivity index (χ0v) is 26.8. The number of hydrogen-bond acceptors (Lipinski definition) is 12. The van der Waals surface area contributed by atoms with Crippen LogP contribution in [-0.4, -0.2) is 88.2 Å². The molecule has 7 atom stereocenters. The number of thioether (sulfide) groups is 1. The number of methoxy groups -OCH3 is 1. The van der Waals surface area contributed by atoms with Gasteiger partial charge in [0.2, 0.25) is 18.6 Å². The number of carbonyl (C=O) groups excluding carboxylic acids is 3. The number of fused-ring (bicyclic) bond motifs is 9. The average molecular weight is 651 g/mol. The molecule has 5 aliphatic rings. The highest BCUT2D eigenvalue weighted by Gasteiger charge is 2.62. The normalized spacial score (nSPS) is 29.1. The number of phenols is 2. The number of cyclic esters (lactones) is 1. The molecule has 5 aliphatic heterocycles. The molecular formula is C32H34N4O9S. The number of esters is 1. The fourth-order valence-electron chi connectivity index (χ4n) is 8.23. The summed E-state index contributed by atoms with van der Waals surface area (Å²) in [7, 11) is 1.47. The van der Waals surface area contributed by atoms with Gasteiger partial charge in [-0.25, -0.2) is 4.79 Å². The van der Waals surface area contributed by atoms with Crippen LogP contribution in [0.15, 0.2) is 6.07 Å². The van der Waals surface area contributed by atoms with Crippen molar-refractivity contribution in [3.8, 4) is 34.8 Å². The molecule has 13 nitrogen and oxygen atoms in total. The molecule has 0 saturated carbocycles. The Morgan fingerprint density at radius 1 is 1.11 bits per heavy atom. The highest BCUT2D eigenvalue weighted by Crippen LogP contribution is 2.64. The summed E-state index contributed by atoms with van der Waals surface area (Å²) in [6, 6.07) is -0.345. The lowest BCUT2D eigenvalue weighted by Crippen LogP contribution is -2.70. The number of nitrogens with one attached hydrogen (secondary N) is 1. The van der Waals surface area contributed by atoms with Crippen molar-refractivity contribution in [1.82, 2.24) is 15.1 Å². The van der Waals surface area contributed by atoms with E-state index in [1.165, 1.54) is 32.7 Å². The molecule has 4 bridgehead atoms. The van der Waals surface area contributed by atoms with Gasteiger partial charge in [-0.3, -0.25) is 14.5 Å². The molecular weight excluding hydrogens is 616 g/mol. The van der Waals surface area contributed by atoms with Crippen LogP contribution in [0.1, 0.15) is 64.6 Å². The van der Waals surface area contributed by atoms with Crippen molar-refractivity contribution in [1.29, 1.82) is 5.26 Å². The molecule has 242 valence electrons. The predicted octanol–water partition coefficient (Wildman–Crippen LogP) is 2.43. The molecule has 0 radical (unpaired) electrons. The van der Waals surface area contributed by atoms with E-state index in [4.69, 9.17) is 18.9 Å². The molecule has 5 heterocycles. The summed E-state index contributed by atoms with van der Waals surface area (Å²) in [5, 5.41) is 36.5. The van der Waals surface area contributed by atoms with Crippen LogP contribution in [0, 0.1) is 25.2 Å². The van der Waals surface area contributed by atoms with Gasteiger partial charge in [0.15, 0.2) is 23.0 Å². The van der Waals surface area contributed by atoms with Gasteiger partial charge in [0.1, 0.15) is 24.4 Å². The molecule has 2 fully saturated rings. The maximum absolute atomic E-state index is 13.6. The number of carbonyl (C=O) groups is 3. The third-order valence-electron chi connectivity index (χ3n) is 9.87. The molecule has 0 aromatic heterocycles. The minimum Gasteiger partial charge on any atom is -0.507 e. The van der Waals surface area contributed by atoms with Crippen LogP contribution >= 0.6 is 11.8 Å². The van der Waals surface area contributed by atoms with E-state index in [9.17, 15) is 29.9 Å². The molecule has 7 rings (SSSR count). The van der Waals surface area contributed by atoms with Crippen LogP contribution in [0.2, 0.25) is 0 Å². The molecule has 2 saturated heterocycles. The highest BCUT2D eigenvalue weighted by molar-refractivity contribution is 7.99. The van der Waals surface area contributed by atoms with Gasteiger partial charge < -0.3 is 39.4 Å². The smallest absolute Gasteiger partial charge is 0.329 e. The molecule has 2 aromatic carbocycles. The van der Waals surface area contributed by atoms with Crippen molar-refractivity contribution in [2.75, 3.05) is 26.3 Å². The Bertz CT molecular complexity index is 1740. The van der Waals surface area contributed by atoms with E-state index in [1.807, 2.05) is 17.9 Å². The minimum atomic E-state index is -0.988. The number of ether oxygens (including phenoxy) is 4. The Kier molecular flexibility index (Phi) is 7.17. The molecule has 0 spiro atoms. The number of aromatic hydroxyl groups is 2. The largest absolute Gasteiger partial charge is 0.507 e. The van der Waals surface area contributed by atoms with Crippen LogP contribution in [0.5, 0.6) is 28.7 Å². The summed E-state index contributed by atoms with van der Waals surface area (Å²) in [6.07, 6.45) is 0.296. The maximum Gasteiger partial charge on any atom is 0.329 e. The van der Waals surface area contributed by atoms with E-state index in [2.05, 4.69) is 11.4 Å². The van der Waals surface area contributed by atoms with Gasteiger partial charge in [-0.15, -0.1) is 11.8 Å². The lowest BCUT2D eigenvalue weighted by atomic mass is 9.71. The van der Waals surface area contributed by atoms with E-state index >= 15 is 0 Å². The van der Waals surface area contributed by atoms with Crippen LogP contribution in [0.4, 0.5) is 0 Å². The lowest BCUT2D eigenvalue weighted by Gasteiger charge is -2.62. The monoisotopic (exact) mass is 650 g/mol. The van der Waals surface area contributed by atoms with Crippen molar-refractivity contribution >= 4 is 29.5 Å². The number of nitrogens with zero attached hydrogens (tertiary/aromatic N) is 3. The summed E-state index contributed by atoms with van der Waals surface area (Å²) in [4.78, 5) is 42.7. The van der Waals surface area contributed by atoms with Gasteiger partial charge >= 0.3 is 5.97 Å². The van der Waals surface area contributed by atoms with E-state index in [0.29, 0.717) is 40.2 Å². The van der Waals surface area contributed by atoms with Gasteiger partial charge in [-0.1, -0.05) is 6.07 Å². The van der Waals surface area contributed by atoms with E-state index in [0.717, 1.165) is 11.1 Å². The number of hydrogen-bond donors (Lipinski definition) is 3. The van der Waals surface area contributed by atoms with Gasteiger partial charge in [-0.05, 0) is 31.4 Å². The molecule has 2 amide bonds. The minimum absolute atomic E-state index is 0.0314. The van der Waals surface area contributed by atoms with Gasteiger partial charge in [0.05, 0.1) is 42.6 Å². The quantitative estimate of drug-likeness (QED) is 0.406. The predicted molar refractivity (Wildman–Crippen MR) is 163 cm³/mol. The first-order valence-corrected chi connectivity index (χ1v) is 16.1. The first kappa shape index (κ1) is 30.3. The number of amides is 2. The number of rotatable bonds is 2. The fraction of sp³-hybridized carbons (Fsp3) is 0.500. The summed E-state index contributed by atoms with van der Waals surface area (Å²) in [5.74, 6) is -0.291. The van der Waals surface area contributed by atoms with Crippen LogP contribution in [-0.2, 0) is 25.5 Å². The fourth-order valence-corrected chi connectivity index (χ4v) is 9.74. The Morgan fingerprint density at radius 2 is 1.85 bits per heavy atom. The second kappa shape index (κ2) is 10.9. The Hall–Kier alpha value is -4.35. The van der Waals surface area contributed by atoms with Crippen LogP contribution < -0.4 is 19.5 Å². The van der Waals surface area contributed by atoms with Crippen LogP contribution in [0.3, 0.4) is 0 Å². The Labute approximate surface area is 269 Å². The van der Waals surface area contributed by atoms with Crippen molar-refractivity contribution in [2.45, 2.75) is 75.6 Å². The third-order valence-corrected chi connectivity index (χ3v) is 11.3. The average Bonchev–Trinajstić information content (AvgIpc) is 3.50. The second-order valence-electron chi connectivity index (χ2n) is 12.3. The highest BCUT2D eigenvalue weighted by atomic mass is 32.2. The topological polar surface area (TPSA) is 171 Å². The molecule has 4 unspecified atom stereocenters. The maximum atomic E-state index is 13.6. The van der Waals surface area contributed by atoms with Gasteiger partial charge in [0, 0.05) is 41.9 Å². The van der Waals surface area contributed by atoms with Crippen molar-refractivity contribution in [3.05, 3.63) is 39.4 Å². The Morgan fingerprint density at radius 3 is 2.52 bits per heavy atom. The van der Waals surface area contributed by atoms with Crippen molar-refractivity contribution in [2.24, 2.45) is 0 Å². The standard InChI is InChI=1S/C32H34N4O9S/c1-12-6-16-7-18-19(8-33)36-20-9-43-32(41)17(34-14(3)37)10-46-31(23-22(20)30-29(44-11-45-30)13(2)26(23)39)25(36)24(35(18)15(4)38)21(16)27(40)28(12)42-5/h6,17-20,24-25,31,39-40H,7,9-11H2,1-5H3,(H,34,37)/t17?,18?,19-,20?,24?,25+,31+/m0/s1. The summed E-state index contributed by atoms with van der Waals surface area (Å²) in [6.45, 7) is 6.02. The lowest BCUT2D eigenvalue weighted by molar-refractivity contribution is -0.157. The van der Waals surface area contributed by atoms with Gasteiger partial charge in [0.25, 0.3) is 0 Å². The zero-order chi connectivity index (χ0) is 32.8. The number of benzene rings is 2.